The smallest absolute Gasteiger partial charge is 0.326 e. The van der Waals surface area contributed by atoms with Crippen LogP contribution in [0.15, 0.2) is 30.5 Å². The molecule has 1 N–H and O–H groups in total. The van der Waals surface area contributed by atoms with E-state index in [4.69, 9.17) is 0 Å². The maximum atomic E-state index is 11.4. The van der Waals surface area contributed by atoms with E-state index in [1.165, 1.54) is 12.1 Å². The SMILES string of the molecule is O=C(O)C(C1CC1)n1ccc2ccc([N+](=O)[O-])cc21. The third kappa shape index (κ3) is 1.95. The Labute approximate surface area is 108 Å². The summed E-state index contributed by atoms with van der Waals surface area (Å²) < 4.78 is 1.64. The fraction of sp³-hybridized carbons (Fsp3) is 0.308. The Hall–Kier alpha value is -2.37. The van der Waals surface area contributed by atoms with Gasteiger partial charge in [-0.3, -0.25) is 10.1 Å². The lowest BCUT2D eigenvalue weighted by Gasteiger charge is -2.14. The average Bonchev–Trinajstić information content (AvgIpc) is 3.10. The number of benzene rings is 1. The van der Waals surface area contributed by atoms with Crippen LogP contribution in [0.1, 0.15) is 18.9 Å². The van der Waals surface area contributed by atoms with Crippen LogP contribution in [-0.2, 0) is 4.79 Å². The van der Waals surface area contributed by atoms with Crippen LogP contribution in [0.25, 0.3) is 10.9 Å². The molecule has 1 heterocycles. The molecule has 0 spiro atoms. The van der Waals surface area contributed by atoms with Crippen molar-refractivity contribution in [2.45, 2.75) is 18.9 Å². The van der Waals surface area contributed by atoms with E-state index < -0.39 is 16.9 Å². The number of hydrogen-bond acceptors (Lipinski definition) is 3. The number of non-ortho nitro benzene ring substituents is 1. The fourth-order valence-corrected chi connectivity index (χ4v) is 2.45. The minimum absolute atomic E-state index is 0.0209. The van der Waals surface area contributed by atoms with Crippen molar-refractivity contribution >= 4 is 22.6 Å². The molecule has 0 bridgehead atoms. The molecule has 3 rings (SSSR count). The van der Waals surface area contributed by atoms with Crippen LogP contribution in [0.5, 0.6) is 0 Å². The number of carbonyl (C=O) groups is 1. The second kappa shape index (κ2) is 4.08. The molecule has 0 radical (unpaired) electrons. The Balaban J connectivity index is 2.14. The number of aliphatic carboxylic acids is 1. The number of carboxylic acids is 1. The standard InChI is InChI=1S/C13H12N2O4/c16-13(17)12(9-1-2-9)14-6-5-8-3-4-10(15(18)19)7-11(8)14/h3-7,9,12H,1-2H2,(H,16,17). The maximum absolute atomic E-state index is 11.4. The largest absolute Gasteiger partial charge is 0.480 e. The van der Waals surface area contributed by atoms with Crippen LogP contribution in [0, 0.1) is 16.0 Å². The van der Waals surface area contributed by atoms with Crippen molar-refractivity contribution in [3.05, 3.63) is 40.6 Å². The van der Waals surface area contributed by atoms with E-state index in [1.807, 2.05) is 0 Å². The molecule has 6 nitrogen and oxygen atoms in total. The van der Waals surface area contributed by atoms with Gasteiger partial charge in [-0.25, -0.2) is 4.79 Å². The molecule has 6 heteroatoms. The molecule has 0 saturated heterocycles. The maximum Gasteiger partial charge on any atom is 0.326 e. The van der Waals surface area contributed by atoms with Gasteiger partial charge in [0.1, 0.15) is 6.04 Å². The van der Waals surface area contributed by atoms with Crippen molar-refractivity contribution in [1.82, 2.24) is 4.57 Å². The van der Waals surface area contributed by atoms with Crippen molar-refractivity contribution in [1.29, 1.82) is 0 Å². The highest BCUT2D eigenvalue weighted by atomic mass is 16.6. The number of rotatable bonds is 4. The zero-order chi connectivity index (χ0) is 13.6. The van der Waals surface area contributed by atoms with Gasteiger partial charge >= 0.3 is 5.97 Å². The summed E-state index contributed by atoms with van der Waals surface area (Å²) in [5.41, 5.74) is 0.584. The van der Waals surface area contributed by atoms with E-state index in [0.29, 0.717) is 5.52 Å². The summed E-state index contributed by atoms with van der Waals surface area (Å²) in [7, 11) is 0. The number of nitro groups is 1. The van der Waals surface area contributed by atoms with E-state index in [9.17, 15) is 20.0 Å². The number of fused-ring (bicyclic) bond motifs is 1. The Morgan fingerprint density at radius 1 is 1.42 bits per heavy atom. The molecule has 1 aromatic carbocycles. The number of hydrogen-bond donors (Lipinski definition) is 1. The second-order valence-corrected chi connectivity index (χ2v) is 4.84. The summed E-state index contributed by atoms with van der Waals surface area (Å²) in [5, 5.41) is 21.0. The minimum Gasteiger partial charge on any atom is -0.480 e. The topological polar surface area (TPSA) is 85.4 Å². The summed E-state index contributed by atoms with van der Waals surface area (Å²) in [6.45, 7) is 0. The number of aromatic nitrogens is 1. The highest BCUT2D eigenvalue weighted by Crippen LogP contribution is 2.41. The van der Waals surface area contributed by atoms with Gasteiger partial charge < -0.3 is 9.67 Å². The molecule has 1 aromatic heterocycles. The van der Waals surface area contributed by atoms with Gasteiger partial charge in [0.25, 0.3) is 5.69 Å². The molecule has 1 atom stereocenters. The first-order valence-corrected chi connectivity index (χ1v) is 6.06. The van der Waals surface area contributed by atoms with Crippen LogP contribution in [0.4, 0.5) is 5.69 Å². The summed E-state index contributed by atoms with van der Waals surface area (Å²) >= 11 is 0. The summed E-state index contributed by atoms with van der Waals surface area (Å²) in [4.78, 5) is 21.7. The predicted octanol–water partition coefficient (Wildman–Crippen LogP) is 2.59. The van der Waals surface area contributed by atoms with Crippen LogP contribution in [0.2, 0.25) is 0 Å². The Bertz CT molecular complexity index is 672. The van der Waals surface area contributed by atoms with Crippen molar-refractivity contribution in [2.75, 3.05) is 0 Å². The molecule has 1 fully saturated rings. The molecule has 19 heavy (non-hydrogen) atoms. The third-order valence-corrected chi connectivity index (χ3v) is 3.54. The van der Waals surface area contributed by atoms with Crippen LogP contribution in [0.3, 0.4) is 0 Å². The summed E-state index contributed by atoms with van der Waals surface area (Å²) in [6.07, 6.45) is 3.49. The van der Waals surface area contributed by atoms with Gasteiger partial charge in [-0.15, -0.1) is 0 Å². The molecule has 1 aliphatic carbocycles. The molecular weight excluding hydrogens is 248 g/mol. The van der Waals surface area contributed by atoms with Gasteiger partial charge in [0.2, 0.25) is 0 Å². The highest BCUT2D eigenvalue weighted by Gasteiger charge is 2.38. The Morgan fingerprint density at radius 3 is 2.74 bits per heavy atom. The van der Waals surface area contributed by atoms with E-state index in [0.717, 1.165) is 18.2 Å². The highest BCUT2D eigenvalue weighted by molar-refractivity contribution is 5.85. The van der Waals surface area contributed by atoms with E-state index in [-0.39, 0.29) is 11.6 Å². The molecule has 1 aliphatic rings. The van der Waals surface area contributed by atoms with Crippen molar-refractivity contribution in [2.24, 2.45) is 5.92 Å². The molecule has 0 amide bonds. The van der Waals surface area contributed by atoms with Gasteiger partial charge in [0.05, 0.1) is 10.4 Å². The molecule has 2 aromatic rings. The lowest BCUT2D eigenvalue weighted by molar-refractivity contribution is -0.384. The zero-order valence-corrected chi connectivity index (χ0v) is 10.0. The quantitative estimate of drug-likeness (QED) is 0.676. The van der Waals surface area contributed by atoms with Gasteiger partial charge in [-0.2, -0.15) is 0 Å². The molecule has 0 aliphatic heterocycles. The van der Waals surface area contributed by atoms with E-state index in [2.05, 4.69) is 0 Å². The summed E-state index contributed by atoms with van der Waals surface area (Å²) in [6, 6.07) is 5.68. The first-order chi connectivity index (χ1) is 9.08. The van der Waals surface area contributed by atoms with Crippen molar-refractivity contribution in [3.63, 3.8) is 0 Å². The van der Waals surface area contributed by atoms with Crippen LogP contribution in [-0.4, -0.2) is 20.6 Å². The van der Waals surface area contributed by atoms with Gasteiger partial charge in [0, 0.05) is 23.7 Å². The second-order valence-electron chi connectivity index (χ2n) is 4.84. The lowest BCUT2D eigenvalue weighted by Crippen LogP contribution is -2.20. The lowest BCUT2D eigenvalue weighted by atomic mass is 10.1. The predicted molar refractivity (Wildman–Crippen MR) is 68.0 cm³/mol. The van der Waals surface area contributed by atoms with Crippen LogP contribution < -0.4 is 0 Å². The van der Waals surface area contributed by atoms with Crippen molar-refractivity contribution < 1.29 is 14.8 Å². The number of nitrogens with zero attached hydrogens (tertiary/aromatic N) is 2. The van der Waals surface area contributed by atoms with Crippen molar-refractivity contribution in [3.8, 4) is 0 Å². The fourth-order valence-electron chi connectivity index (χ4n) is 2.45. The van der Waals surface area contributed by atoms with Crippen LogP contribution >= 0.6 is 0 Å². The monoisotopic (exact) mass is 260 g/mol. The van der Waals surface area contributed by atoms with Gasteiger partial charge in [-0.1, -0.05) is 0 Å². The molecule has 1 saturated carbocycles. The average molecular weight is 260 g/mol. The number of carboxylic acid groups (broad SMARTS) is 1. The van der Waals surface area contributed by atoms with E-state index >= 15 is 0 Å². The first kappa shape index (κ1) is 11.7. The Kier molecular flexibility index (Phi) is 2.51. The van der Waals surface area contributed by atoms with Gasteiger partial charge in [-0.05, 0) is 30.9 Å². The third-order valence-electron chi connectivity index (χ3n) is 3.54. The molecule has 98 valence electrons. The Morgan fingerprint density at radius 2 is 2.16 bits per heavy atom. The molecular formula is C13H12N2O4. The molecule has 1 unspecified atom stereocenters. The minimum atomic E-state index is -0.883. The van der Waals surface area contributed by atoms with Gasteiger partial charge in [0.15, 0.2) is 0 Å². The zero-order valence-electron chi connectivity index (χ0n) is 10.0. The number of nitro benzene ring substituents is 1. The summed E-state index contributed by atoms with van der Waals surface area (Å²) in [5.74, 6) is -0.751. The normalized spacial score (nSPS) is 16.4. The van der Waals surface area contributed by atoms with E-state index in [1.54, 1.807) is 22.9 Å². The first-order valence-electron chi connectivity index (χ1n) is 6.06.